The molecule has 1 aromatic rings. The smallest absolute Gasteiger partial charge is 0.0455 e. The second-order valence-electron chi connectivity index (χ2n) is 4.46. The number of hydrogen-bond acceptors (Lipinski definition) is 1. The van der Waals surface area contributed by atoms with E-state index < -0.39 is 0 Å². The summed E-state index contributed by atoms with van der Waals surface area (Å²) in [6.07, 6.45) is 3.95. The Morgan fingerprint density at radius 2 is 2.20 bits per heavy atom. The van der Waals surface area contributed by atoms with Crippen LogP contribution in [0.25, 0.3) is 0 Å². The summed E-state index contributed by atoms with van der Waals surface area (Å²) in [4.78, 5) is 0. The number of nitrogens with one attached hydrogen (secondary N) is 1. The van der Waals surface area contributed by atoms with Gasteiger partial charge in [-0.3, -0.25) is 0 Å². The van der Waals surface area contributed by atoms with E-state index in [9.17, 15) is 0 Å². The number of aryl methyl sites for hydroxylation is 1. The summed E-state index contributed by atoms with van der Waals surface area (Å²) < 4.78 is 0. The molecular weight excluding hydrogens is 206 g/mol. The number of rotatable bonds is 4. The van der Waals surface area contributed by atoms with Crippen LogP contribution in [0.1, 0.15) is 31.7 Å². The van der Waals surface area contributed by atoms with Crippen LogP contribution in [-0.4, -0.2) is 6.04 Å². The van der Waals surface area contributed by atoms with Crippen molar-refractivity contribution in [2.75, 3.05) is 5.32 Å². The van der Waals surface area contributed by atoms with Crippen molar-refractivity contribution < 1.29 is 0 Å². The van der Waals surface area contributed by atoms with E-state index in [4.69, 9.17) is 11.6 Å². The van der Waals surface area contributed by atoms with Gasteiger partial charge in [-0.15, -0.1) is 0 Å². The maximum atomic E-state index is 6.10. The summed E-state index contributed by atoms with van der Waals surface area (Å²) in [5.41, 5.74) is 2.30. The molecule has 2 heteroatoms. The number of halogens is 1. The predicted octanol–water partition coefficient (Wildman–Crippen LogP) is 4.25. The molecule has 1 N–H and O–H groups in total. The molecule has 2 rings (SSSR count). The van der Waals surface area contributed by atoms with E-state index >= 15 is 0 Å². The Bertz CT molecular complexity index is 344. The van der Waals surface area contributed by atoms with Crippen molar-refractivity contribution in [3.05, 3.63) is 28.8 Å². The van der Waals surface area contributed by atoms with E-state index in [1.165, 1.54) is 19.3 Å². The molecular formula is C13H18ClN. The summed E-state index contributed by atoms with van der Waals surface area (Å²) in [5, 5.41) is 4.43. The van der Waals surface area contributed by atoms with Gasteiger partial charge >= 0.3 is 0 Å². The van der Waals surface area contributed by atoms with E-state index in [0.717, 1.165) is 22.2 Å². The molecule has 1 saturated carbocycles. The molecule has 1 aliphatic rings. The molecule has 0 aliphatic heterocycles. The molecule has 0 radical (unpaired) electrons. The van der Waals surface area contributed by atoms with Gasteiger partial charge in [0.1, 0.15) is 0 Å². The molecule has 0 aromatic heterocycles. The van der Waals surface area contributed by atoms with Gasteiger partial charge in [-0.25, -0.2) is 0 Å². The molecule has 1 aromatic carbocycles. The number of hydrogen-bond donors (Lipinski definition) is 1. The Balaban J connectivity index is 2.05. The highest BCUT2D eigenvalue weighted by Gasteiger charge is 2.29. The fraction of sp³-hybridized carbons (Fsp3) is 0.538. The number of anilines is 1. The fourth-order valence-electron chi connectivity index (χ4n) is 1.95. The second kappa shape index (κ2) is 4.44. The lowest BCUT2D eigenvalue weighted by Gasteiger charge is -2.18. The van der Waals surface area contributed by atoms with Crippen LogP contribution in [0.4, 0.5) is 5.69 Å². The zero-order valence-electron chi connectivity index (χ0n) is 9.39. The Hall–Kier alpha value is -0.690. The molecule has 0 spiro atoms. The van der Waals surface area contributed by atoms with Crippen LogP contribution in [-0.2, 0) is 0 Å². The molecule has 0 bridgehead atoms. The third kappa shape index (κ3) is 2.66. The van der Waals surface area contributed by atoms with Crippen LogP contribution in [0.3, 0.4) is 0 Å². The largest absolute Gasteiger partial charge is 0.382 e. The standard InChI is InChI=1S/C13H18ClN/c1-3-13(10-5-6-10)15-11-7-4-9(2)12(14)8-11/h4,7-8,10,13,15H,3,5-6H2,1-2H3. The van der Waals surface area contributed by atoms with Gasteiger partial charge in [0.25, 0.3) is 0 Å². The Morgan fingerprint density at radius 3 is 2.73 bits per heavy atom. The monoisotopic (exact) mass is 223 g/mol. The lowest BCUT2D eigenvalue weighted by molar-refractivity contribution is 0.616. The first-order chi connectivity index (χ1) is 7.20. The van der Waals surface area contributed by atoms with Gasteiger partial charge in [0.05, 0.1) is 0 Å². The van der Waals surface area contributed by atoms with Gasteiger partial charge in [-0.2, -0.15) is 0 Å². The maximum absolute atomic E-state index is 6.10. The highest BCUT2D eigenvalue weighted by molar-refractivity contribution is 6.31. The summed E-state index contributed by atoms with van der Waals surface area (Å²) in [6, 6.07) is 6.85. The molecule has 1 aliphatic carbocycles. The minimum absolute atomic E-state index is 0.628. The summed E-state index contributed by atoms with van der Waals surface area (Å²) in [6.45, 7) is 4.27. The van der Waals surface area contributed by atoms with Crippen LogP contribution in [0.5, 0.6) is 0 Å². The van der Waals surface area contributed by atoms with Crippen molar-refractivity contribution in [1.29, 1.82) is 0 Å². The molecule has 1 unspecified atom stereocenters. The average molecular weight is 224 g/mol. The first-order valence-electron chi connectivity index (χ1n) is 5.73. The molecule has 0 saturated heterocycles. The van der Waals surface area contributed by atoms with Gasteiger partial charge in [-0.05, 0) is 49.8 Å². The SMILES string of the molecule is CCC(Nc1ccc(C)c(Cl)c1)C1CC1. The lowest BCUT2D eigenvalue weighted by Crippen LogP contribution is -2.20. The minimum Gasteiger partial charge on any atom is -0.382 e. The molecule has 1 fully saturated rings. The van der Waals surface area contributed by atoms with Gasteiger partial charge in [0, 0.05) is 16.8 Å². The van der Waals surface area contributed by atoms with E-state index in [1.54, 1.807) is 0 Å². The zero-order chi connectivity index (χ0) is 10.8. The van der Waals surface area contributed by atoms with E-state index in [1.807, 2.05) is 13.0 Å². The van der Waals surface area contributed by atoms with Crippen molar-refractivity contribution in [2.45, 2.75) is 39.2 Å². The van der Waals surface area contributed by atoms with Crippen molar-refractivity contribution in [2.24, 2.45) is 5.92 Å². The van der Waals surface area contributed by atoms with E-state index in [0.29, 0.717) is 6.04 Å². The van der Waals surface area contributed by atoms with Crippen LogP contribution >= 0.6 is 11.6 Å². The first-order valence-corrected chi connectivity index (χ1v) is 6.11. The summed E-state index contributed by atoms with van der Waals surface area (Å²) in [5.74, 6) is 0.884. The van der Waals surface area contributed by atoms with Crippen LogP contribution < -0.4 is 5.32 Å². The molecule has 15 heavy (non-hydrogen) atoms. The molecule has 82 valence electrons. The van der Waals surface area contributed by atoms with Crippen LogP contribution in [0.2, 0.25) is 5.02 Å². The third-order valence-electron chi connectivity index (χ3n) is 3.15. The summed E-state index contributed by atoms with van der Waals surface area (Å²) in [7, 11) is 0. The second-order valence-corrected chi connectivity index (χ2v) is 4.87. The van der Waals surface area contributed by atoms with Crippen molar-refractivity contribution in [3.8, 4) is 0 Å². The fourth-order valence-corrected chi connectivity index (χ4v) is 2.13. The Kier molecular flexibility index (Phi) is 3.20. The van der Waals surface area contributed by atoms with Gasteiger partial charge in [0.2, 0.25) is 0 Å². The third-order valence-corrected chi connectivity index (χ3v) is 3.56. The van der Waals surface area contributed by atoms with Gasteiger partial charge < -0.3 is 5.32 Å². The highest BCUT2D eigenvalue weighted by Crippen LogP contribution is 2.35. The Labute approximate surface area is 96.8 Å². The lowest BCUT2D eigenvalue weighted by atomic mass is 10.1. The van der Waals surface area contributed by atoms with Crippen molar-refractivity contribution in [1.82, 2.24) is 0 Å². The van der Waals surface area contributed by atoms with Crippen LogP contribution in [0.15, 0.2) is 18.2 Å². The first kappa shape index (κ1) is 10.8. The molecule has 0 heterocycles. The normalized spacial score (nSPS) is 17.5. The predicted molar refractivity (Wildman–Crippen MR) is 66.6 cm³/mol. The summed E-state index contributed by atoms with van der Waals surface area (Å²) >= 11 is 6.10. The van der Waals surface area contributed by atoms with Gasteiger partial charge in [0.15, 0.2) is 0 Å². The molecule has 1 atom stereocenters. The van der Waals surface area contributed by atoms with E-state index in [2.05, 4.69) is 24.4 Å². The van der Waals surface area contributed by atoms with Gasteiger partial charge in [-0.1, -0.05) is 24.6 Å². The van der Waals surface area contributed by atoms with Crippen molar-refractivity contribution in [3.63, 3.8) is 0 Å². The topological polar surface area (TPSA) is 12.0 Å². The highest BCUT2D eigenvalue weighted by atomic mass is 35.5. The minimum atomic E-state index is 0.628. The Morgan fingerprint density at radius 1 is 1.47 bits per heavy atom. The maximum Gasteiger partial charge on any atom is 0.0455 e. The zero-order valence-corrected chi connectivity index (χ0v) is 10.1. The quantitative estimate of drug-likeness (QED) is 0.805. The number of benzene rings is 1. The molecule has 1 nitrogen and oxygen atoms in total. The average Bonchev–Trinajstić information content (AvgIpc) is 3.03. The van der Waals surface area contributed by atoms with Crippen LogP contribution in [0, 0.1) is 12.8 Å². The van der Waals surface area contributed by atoms with Crippen molar-refractivity contribution >= 4 is 17.3 Å². The van der Waals surface area contributed by atoms with E-state index in [-0.39, 0.29) is 0 Å². The molecule has 0 amide bonds.